The van der Waals surface area contributed by atoms with Crippen LogP contribution in [0.1, 0.15) is 35.8 Å². The van der Waals surface area contributed by atoms with Crippen molar-refractivity contribution in [1.82, 2.24) is 20.0 Å². The van der Waals surface area contributed by atoms with Gasteiger partial charge in [0.25, 0.3) is 0 Å². The van der Waals surface area contributed by atoms with E-state index in [9.17, 15) is 4.79 Å². The maximum Gasteiger partial charge on any atom is 0.341 e. The van der Waals surface area contributed by atoms with Crippen LogP contribution in [0.25, 0.3) is 0 Å². The van der Waals surface area contributed by atoms with Gasteiger partial charge in [0.1, 0.15) is 5.56 Å². The van der Waals surface area contributed by atoms with Crippen molar-refractivity contribution in [3.8, 4) is 0 Å². The first-order valence-corrected chi connectivity index (χ1v) is 7.69. The summed E-state index contributed by atoms with van der Waals surface area (Å²) in [5.74, 6) is 0.450. The van der Waals surface area contributed by atoms with Crippen LogP contribution in [0.15, 0.2) is 6.20 Å². The molecule has 1 aromatic rings. The van der Waals surface area contributed by atoms with Gasteiger partial charge in [0.05, 0.1) is 18.5 Å². The number of hydrogen-bond acceptors (Lipinski definition) is 5. The number of piperidine rings is 1. The first kappa shape index (κ1) is 16.0. The number of carbonyl (C=O) groups excluding carboxylic acids is 1. The third-order valence-corrected chi connectivity index (χ3v) is 4.01. The van der Waals surface area contributed by atoms with E-state index in [1.807, 2.05) is 14.0 Å². The number of aryl methyl sites for hydroxylation is 1. The molecule has 6 heteroatoms. The lowest BCUT2D eigenvalue weighted by atomic mass is 9.97. The fraction of sp³-hybridized carbons (Fsp3) is 0.733. The van der Waals surface area contributed by atoms with Gasteiger partial charge in [0.2, 0.25) is 0 Å². The van der Waals surface area contributed by atoms with Crippen LogP contribution >= 0.6 is 0 Å². The molecule has 0 radical (unpaired) electrons. The summed E-state index contributed by atoms with van der Waals surface area (Å²) in [5, 5.41) is 7.59. The van der Waals surface area contributed by atoms with Crippen LogP contribution < -0.4 is 5.32 Å². The Morgan fingerprint density at radius 3 is 2.90 bits per heavy atom. The van der Waals surface area contributed by atoms with Crippen molar-refractivity contribution < 1.29 is 9.53 Å². The number of nitrogens with one attached hydrogen (secondary N) is 1. The molecule has 1 fully saturated rings. The Bertz CT molecular complexity index is 466. The van der Waals surface area contributed by atoms with Crippen LogP contribution in [-0.4, -0.2) is 53.9 Å². The molecule has 0 spiro atoms. The standard InChI is InChI=1S/C15H26N4O2/c1-4-21-15(20)13-9-17-19(3)14(13)11-18(2)10-12-5-7-16-8-6-12/h9,12,16H,4-8,10-11H2,1-3H3. The van der Waals surface area contributed by atoms with Gasteiger partial charge < -0.3 is 15.0 Å². The summed E-state index contributed by atoms with van der Waals surface area (Å²) in [6, 6.07) is 0. The molecule has 2 heterocycles. The van der Waals surface area contributed by atoms with E-state index in [1.54, 1.807) is 10.9 Å². The molecular formula is C15H26N4O2. The molecule has 0 bridgehead atoms. The average Bonchev–Trinajstić information content (AvgIpc) is 2.81. The van der Waals surface area contributed by atoms with Gasteiger partial charge in [-0.15, -0.1) is 0 Å². The molecule has 2 rings (SSSR count). The van der Waals surface area contributed by atoms with Crippen molar-refractivity contribution in [2.75, 3.05) is 33.3 Å². The Labute approximate surface area is 126 Å². The second-order valence-corrected chi connectivity index (χ2v) is 5.74. The van der Waals surface area contributed by atoms with E-state index in [2.05, 4.69) is 22.4 Å². The lowest BCUT2D eigenvalue weighted by molar-refractivity contribution is 0.0523. The van der Waals surface area contributed by atoms with E-state index in [4.69, 9.17) is 4.74 Å². The van der Waals surface area contributed by atoms with Gasteiger partial charge in [0, 0.05) is 20.1 Å². The summed E-state index contributed by atoms with van der Waals surface area (Å²) >= 11 is 0. The van der Waals surface area contributed by atoms with Crippen molar-refractivity contribution in [1.29, 1.82) is 0 Å². The van der Waals surface area contributed by atoms with E-state index >= 15 is 0 Å². The van der Waals surface area contributed by atoms with Crippen molar-refractivity contribution in [3.05, 3.63) is 17.5 Å². The number of ether oxygens (including phenoxy) is 1. The molecule has 1 aliphatic heterocycles. The Morgan fingerprint density at radius 2 is 2.24 bits per heavy atom. The van der Waals surface area contributed by atoms with Crippen LogP contribution in [0.2, 0.25) is 0 Å². The summed E-state index contributed by atoms with van der Waals surface area (Å²) in [7, 11) is 3.97. The summed E-state index contributed by atoms with van der Waals surface area (Å²) in [6.45, 7) is 6.19. The Hall–Kier alpha value is -1.40. The van der Waals surface area contributed by atoms with Crippen molar-refractivity contribution in [3.63, 3.8) is 0 Å². The van der Waals surface area contributed by atoms with E-state index in [0.29, 0.717) is 18.7 Å². The highest BCUT2D eigenvalue weighted by Crippen LogP contribution is 2.16. The zero-order valence-corrected chi connectivity index (χ0v) is 13.3. The number of nitrogens with zero attached hydrogens (tertiary/aromatic N) is 3. The van der Waals surface area contributed by atoms with Gasteiger partial charge in [-0.05, 0) is 45.8 Å². The first-order valence-electron chi connectivity index (χ1n) is 7.69. The molecule has 118 valence electrons. The van der Waals surface area contributed by atoms with Crippen molar-refractivity contribution in [2.24, 2.45) is 13.0 Å². The monoisotopic (exact) mass is 294 g/mol. The molecular weight excluding hydrogens is 268 g/mol. The van der Waals surface area contributed by atoms with E-state index < -0.39 is 0 Å². The van der Waals surface area contributed by atoms with Gasteiger partial charge in [-0.3, -0.25) is 4.68 Å². The highest BCUT2D eigenvalue weighted by atomic mass is 16.5. The number of carbonyl (C=O) groups is 1. The summed E-state index contributed by atoms with van der Waals surface area (Å²) in [4.78, 5) is 14.2. The van der Waals surface area contributed by atoms with Gasteiger partial charge in [-0.2, -0.15) is 5.10 Å². The Kier molecular flexibility index (Phi) is 5.76. The maximum atomic E-state index is 11.9. The normalized spacial score (nSPS) is 16.4. The second-order valence-electron chi connectivity index (χ2n) is 5.74. The number of aromatic nitrogens is 2. The minimum Gasteiger partial charge on any atom is -0.462 e. The Morgan fingerprint density at radius 1 is 1.52 bits per heavy atom. The largest absolute Gasteiger partial charge is 0.462 e. The first-order chi connectivity index (χ1) is 10.1. The highest BCUT2D eigenvalue weighted by molar-refractivity contribution is 5.90. The predicted octanol–water partition coefficient (Wildman–Crippen LogP) is 1.03. The van der Waals surface area contributed by atoms with Crippen LogP contribution in [0, 0.1) is 5.92 Å². The minimum atomic E-state index is -0.282. The number of esters is 1. The lowest BCUT2D eigenvalue weighted by Gasteiger charge is -2.27. The zero-order valence-electron chi connectivity index (χ0n) is 13.3. The SMILES string of the molecule is CCOC(=O)c1cnn(C)c1CN(C)CC1CCNCC1. The fourth-order valence-electron chi connectivity index (χ4n) is 2.86. The molecule has 21 heavy (non-hydrogen) atoms. The molecule has 0 saturated carbocycles. The molecule has 0 aromatic carbocycles. The lowest BCUT2D eigenvalue weighted by Crippen LogP contribution is -2.34. The quantitative estimate of drug-likeness (QED) is 0.794. The minimum absolute atomic E-state index is 0.282. The third-order valence-electron chi connectivity index (χ3n) is 4.01. The maximum absolute atomic E-state index is 11.9. The summed E-state index contributed by atoms with van der Waals surface area (Å²) in [5.41, 5.74) is 1.50. The van der Waals surface area contributed by atoms with Crippen LogP contribution in [0.4, 0.5) is 0 Å². The summed E-state index contributed by atoms with van der Waals surface area (Å²) in [6.07, 6.45) is 4.05. The molecule has 0 unspecified atom stereocenters. The molecule has 1 N–H and O–H groups in total. The predicted molar refractivity (Wildman–Crippen MR) is 81.1 cm³/mol. The molecule has 1 aliphatic rings. The average molecular weight is 294 g/mol. The highest BCUT2D eigenvalue weighted by Gasteiger charge is 2.20. The van der Waals surface area contributed by atoms with Crippen LogP contribution in [-0.2, 0) is 18.3 Å². The van der Waals surface area contributed by atoms with Crippen molar-refractivity contribution >= 4 is 5.97 Å². The molecule has 1 aromatic heterocycles. The smallest absolute Gasteiger partial charge is 0.341 e. The Balaban J connectivity index is 1.97. The zero-order chi connectivity index (χ0) is 15.2. The molecule has 0 aliphatic carbocycles. The molecule has 1 saturated heterocycles. The van der Waals surface area contributed by atoms with E-state index in [-0.39, 0.29) is 5.97 Å². The molecule has 0 atom stereocenters. The summed E-state index contributed by atoms with van der Waals surface area (Å²) < 4.78 is 6.86. The van der Waals surface area contributed by atoms with Crippen LogP contribution in [0.5, 0.6) is 0 Å². The van der Waals surface area contributed by atoms with Crippen LogP contribution in [0.3, 0.4) is 0 Å². The third kappa shape index (κ3) is 4.28. The van der Waals surface area contributed by atoms with Gasteiger partial charge in [-0.1, -0.05) is 0 Å². The topological polar surface area (TPSA) is 59.4 Å². The van der Waals surface area contributed by atoms with Gasteiger partial charge in [-0.25, -0.2) is 4.79 Å². The van der Waals surface area contributed by atoms with Gasteiger partial charge >= 0.3 is 5.97 Å². The second kappa shape index (κ2) is 7.56. The van der Waals surface area contributed by atoms with Crippen molar-refractivity contribution in [2.45, 2.75) is 26.3 Å². The van der Waals surface area contributed by atoms with Gasteiger partial charge in [0.15, 0.2) is 0 Å². The number of hydrogen-bond donors (Lipinski definition) is 1. The molecule has 6 nitrogen and oxygen atoms in total. The fourth-order valence-corrected chi connectivity index (χ4v) is 2.86. The molecule has 0 amide bonds. The van der Waals surface area contributed by atoms with E-state index in [0.717, 1.165) is 31.2 Å². The van der Waals surface area contributed by atoms with E-state index in [1.165, 1.54) is 12.8 Å². The number of rotatable bonds is 6.